The molecule has 1 fully saturated rings. The Bertz CT molecular complexity index is 630. The quantitative estimate of drug-likeness (QED) is 0.836. The lowest BCUT2D eigenvalue weighted by molar-refractivity contribution is 0.276. The molecule has 1 aliphatic heterocycles. The fourth-order valence-electron chi connectivity index (χ4n) is 3.38. The zero-order chi connectivity index (χ0) is 15.0. The first-order chi connectivity index (χ1) is 9.95. The van der Waals surface area contributed by atoms with E-state index >= 15 is 0 Å². The molecule has 0 aromatic heterocycles. The highest BCUT2D eigenvalue weighted by atomic mass is 32.2. The van der Waals surface area contributed by atoms with Gasteiger partial charge in [0.15, 0.2) is 0 Å². The third kappa shape index (κ3) is 3.07. The Labute approximate surface area is 126 Å². The molecule has 1 aromatic carbocycles. The zero-order valence-electron chi connectivity index (χ0n) is 12.4. The lowest BCUT2D eigenvalue weighted by atomic mass is 10.0. The molecule has 0 bridgehead atoms. The van der Waals surface area contributed by atoms with Crippen molar-refractivity contribution in [1.29, 1.82) is 0 Å². The maximum absolute atomic E-state index is 12.6. The minimum atomic E-state index is -3.40. The monoisotopic (exact) mass is 309 g/mol. The first-order valence-corrected chi connectivity index (χ1v) is 9.05. The standard InChI is InChI=1S/C15H23N3O2S/c1-11-3-2-8-18(10-11)21(19,20)17-15-7-4-12-9-13(16)5-6-14(12)15/h5-6,9,11,15,17H,2-4,7-8,10,16H2,1H3. The Hall–Kier alpha value is -1.11. The number of rotatable bonds is 3. The molecule has 21 heavy (non-hydrogen) atoms. The van der Waals surface area contributed by atoms with E-state index in [-0.39, 0.29) is 6.04 Å². The summed E-state index contributed by atoms with van der Waals surface area (Å²) in [5.41, 5.74) is 8.76. The van der Waals surface area contributed by atoms with Gasteiger partial charge in [-0.05, 0) is 54.9 Å². The summed E-state index contributed by atoms with van der Waals surface area (Å²) in [7, 11) is -3.40. The van der Waals surface area contributed by atoms with Crippen LogP contribution in [-0.2, 0) is 16.6 Å². The number of nitrogens with one attached hydrogen (secondary N) is 1. The molecule has 5 nitrogen and oxygen atoms in total. The van der Waals surface area contributed by atoms with Crippen LogP contribution in [0.1, 0.15) is 43.4 Å². The second-order valence-electron chi connectivity index (χ2n) is 6.28. The molecule has 1 heterocycles. The molecule has 116 valence electrons. The number of benzene rings is 1. The third-order valence-electron chi connectivity index (χ3n) is 4.50. The van der Waals surface area contributed by atoms with Crippen molar-refractivity contribution in [1.82, 2.24) is 9.03 Å². The van der Waals surface area contributed by atoms with E-state index in [1.54, 1.807) is 4.31 Å². The topological polar surface area (TPSA) is 75.4 Å². The minimum Gasteiger partial charge on any atom is -0.399 e. The number of fused-ring (bicyclic) bond motifs is 1. The summed E-state index contributed by atoms with van der Waals surface area (Å²) in [5, 5.41) is 0. The first kappa shape index (κ1) is 14.8. The number of hydrogen-bond acceptors (Lipinski definition) is 3. The van der Waals surface area contributed by atoms with Gasteiger partial charge in [0.1, 0.15) is 0 Å². The summed E-state index contributed by atoms with van der Waals surface area (Å²) in [6, 6.07) is 5.62. The summed E-state index contributed by atoms with van der Waals surface area (Å²) in [6.07, 6.45) is 3.74. The van der Waals surface area contributed by atoms with Gasteiger partial charge in [-0.15, -0.1) is 0 Å². The van der Waals surface area contributed by atoms with Crippen LogP contribution in [-0.4, -0.2) is 25.8 Å². The van der Waals surface area contributed by atoms with Gasteiger partial charge in [0.05, 0.1) is 0 Å². The van der Waals surface area contributed by atoms with Crippen molar-refractivity contribution in [3.63, 3.8) is 0 Å². The number of nitrogen functional groups attached to an aromatic ring is 1. The molecule has 1 saturated heterocycles. The summed E-state index contributed by atoms with van der Waals surface area (Å²) in [6.45, 7) is 3.35. The van der Waals surface area contributed by atoms with Crippen LogP contribution >= 0.6 is 0 Å². The number of nitrogens with zero attached hydrogens (tertiary/aromatic N) is 1. The Kier molecular flexibility index (Phi) is 3.94. The number of piperidine rings is 1. The number of aryl methyl sites for hydroxylation is 1. The van der Waals surface area contributed by atoms with Gasteiger partial charge in [-0.25, -0.2) is 0 Å². The van der Waals surface area contributed by atoms with E-state index in [0.717, 1.165) is 42.5 Å². The highest BCUT2D eigenvalue weighted by molar-refractivity contribution is 7.87. The van der Waals surface area contributed by atoms with Gasteiger partial charge in [-0.1, -0.05) is 13.0 Å². The van der Waals surface area contributed by atoms with Crippen LogP contribution in [0.5, 0.6) is 0 Å². The lowest BCUT2D eigenvalue weighted by Gasteiger charge is -2.31. The molecule has 2 unspecified atom stereocenters. The second-order valence-corrected chi connectivity index (χ2v) is 7.98. The molecule has 1 aromatic rings. The van der Waals surface area contributed by atoms with E-state index in [9.17, 15) is 8.42 Å². The number of hydrogen-bond donors (Lipinski definition) is 2. The van der Waals surface area contributed by atoms with Gasteiger partial charge < -0.3 is 5.73 Å². The molecular formula is C15H23N3O2S. The summed E-state index contributed by atoms with van der Waals surface area (Å²) in [4.78, 5) is 0. The highest BCUT2D eigenvalue weighted by Crippen LogP contribution is 2.33. The molecule has 3 N–H and O–H groups in total. The van der Waals surface area contributed by atoms with Crippen molar-refractivity contribution in [2.45, 2.75) is 38.6 Å². The van der Waals surface area contributed by atoms with Crippen LogP contribution in [0.3, 0.4) is 0 Å². The predicted molar refractivity (Wildman–Crippen MR) is 83.9 cm³/mol. The molecule has 2 atom stereocenters. The Morgan fingerprint density at radius 3 is 2.90 bits per heavy atom. The van der Waals surface area contributed by atoms with Gasteiger partial charge in [0, 0.05) is 24.8 Å². The van der Waals surface area contributed by atoms with Crippen molar-refractivity contribution < 1.29 is 8.42 Å². The van der Waals surface area contributed by atoms with Crippen LogP contribution < -0.4 is 10.5 Å². The predicted octanol–water partition coefficient (Wildman–Crippen LogP) is 1.82. The van der Waals surface area contributed by atoms with E-state index in [1.165, 1.54) is 0 Å². The van der Waals surface area contributed by atoms with Crippen molar-refractivity contribution in [2.24, 2.45) is 5.92 Å². The minimum absolute atomic E-state index is 0.122. The van der Waals surface area contributed by atoms with Gasteiger partial charge >= 0.3 is 0 Å². The van der Waals surface area contributed by atoms with Crippen LogP contribution in [0.4, 0.5) is 5.69 Å². The second kappa shape index (κ2) is 5.59. The van der Waals surface area contributed by atoms with Crippen molar-refractivity contribution in [3.05, 3.63) is 29.3 Å². The van der Waals surface area contributed by atoms with Crippen LogP contribution in [0.25, 0.3) is 0 Å². The fraction of sp³-hybridized carbons (Fsp3) is 0.600. The van der Waals surface area contributed by atoms with E-state index in [2.05, 4.69) is 11.6 Å². The maximum Gasteiger partial charge on any atom is 0.280 e. The van der Waals surface area contributed by atoms with Crippen molar-refractivity contribution in [3.8, 4) is 0 Å². The first-order valence-electron chi connectivity index (χ1n) is 7.61. The molecule has 2 aliphatic rings. The fourth-order valence-corrected chi connectivity index (χ4v) is 4.95. The lowest BCUT2D eigenvalue weighted by Crippen LogP contribution is -2.46. The highest BCUT2D eigenvalue weighted by Gasteiger charge is 2.32. The molecule has 3 rings (SSSR count). The van der Waals surface area contributed by atoms with Gasteiger partial charge in [-0.3, -0.25) is 0 Å². The Morgan fingerprint density at radius 1 is 1.33 bits per heavy atom. The van der Waals surface area contributed by atoms with E-state index in [0.29, 0.717) is 19.0 Å². The average molecular weight is 309 g/mol. The Balaban J connectivity index is 1.75. The molecule has 6 heteroatoms. The van der Waals surface area contributed by atoms with E-state index in [4.69, 9.17) is 5.73 Å². The molecular weight excluding hydrogens is 286 g/mol. The van der Waals surface area contributed by atoms with Gasteiger partial charge in [0.25, 0.3) is 10.2 Å². The van der Waals surface area contributed by atoms with Crippen LogP contribution in [0.15, 0.2) is 18.2 Å². The van der Waals surface area contributed by atoms with Crippen molar-refractivity contribution >= 4 is 15.9 Å². The molecule has 1 aliphatic carbocycles. The van der Waals surface area contributed by atoms with E-state index in [1.807, 2.05) is 18.2 Å². The van der Waals surface area contributed by atoms with Gasteiger partial charge in [-0.2, -0.15) is 17.4 Å². The molecule has 0 amide bonds. The zero-order valence-corrected chi connectivity index (χ0v) is 13.2. The summed E-state index contributed by atoms with van der Waals surface area (Å²) < 4.78 is 29.6. The van der Waals surface area contributed by atoms with Crippen molar-refractivity contribution in [2.75, 3.05) is 18.8 Å². The SMILES string of the molecule is CC1CCCN(S(=O)(=O)NC2CCc3cc(N)ccc32)C1. The average Bonchev–Trinajstić information content (AvgIpc) is 2.80. The molecule has 0 saturated carbocycles. The third-order valence-corrected chi connectivity index (χ3v) is 6.09. The summed E-state index contributed by atoms with van der Waals surface area (Å²) in [5.74, 6) is 0.436. The van der Waals surface area contributed by atoms with Gasteiger partial charge in [0.2, 0.25) is 0 Å². The largest absolute Gasteiger partial charge is 0.399 e. The Morgan fingerprint density at radius 2 is 2.14 bits per heavy atom. The molecule has 0 spiro atoms. The smallest absolute Gasteiger partial charge is 0.280 e. The normalized spacial score (nSPS) is 26.7. The summed E-state index contributed by atoms with van der Waals surface area (Å²) >= 11 is 0. The van der Waals surface area contributed by atoms with Crippen LogP contribution in [0.2, 0.25) is 0 Å². The number of anilines is 1. The number of nitrogens with two attached hydrogens (primary N) is 1. The maximum atomic E-state index is 12.6. The molecule has 0 radical (unpaired) electrons. The van der Waals surface area contributed by atoms with Crippen LogP contribution in [0, 0.1) is 5.92 Å². The van der Waals surface area contributed by atoms with E-state index < -0.39 is 10.2 Å².